The molecule has 1 atom stereocenters. The van der Waals surface area contributed by atoms with Crippen molar-refractivity contribution in [3.05, 3.63) is 107 Å². The summed E-state index contributed by atoms with van der Waals surface area (Å²) in [6, 6.07) is 21.5. The maximum Gasteiger partial charge on any atom is 0.435 e. The minimum atomic E-state index is -4.74. The summed E-state index contributed by atoms with van der Waals surface area (Å²) in [6.45, 7) is 2.18. The zero-order valence-corrected chi connectivity index (χ0v) is 22.8. The number of halogens is 3. The molecule has 1 heterocycles. The Bertz CT molecular complexity index is 1580. The second-order valence-electron chi connectivity index (χ2n) is 10.2. The van der Waals surface area contributed by atoms with Crippen molar-refractivity contribution in [3.8, 4) is 5.69 Å². The lowest BCUT2D eigenvalue weighted by atomic mass is 10.00. The number of benzene rings is 3. The molecule has 1 fully saturated rings. The highest BCUT2D eigenvalue weighted by Crippen LogP contribution is 2.35. The quantitative estimate of drug-likeness (QED) is 0.212. The molecule has 0 bridgehead atoms. The van der Waals surface area contributed by atoms with E-state index in [1.54, 1.807) is 54.6 Å². The van der Waals surface area contributed by atoms with Crippen LogP contribution in [0.3, 0.4) is 0 Å². The van der Waals surface area contributed by atoms with Crippen LogP contribution in [0.25, 0.3) is 5.69 Å². The molecule has 8 nitrogen and oxygen atoms in total. The molecule has 42 heavy (non-hydrogen) atoms. The smallest absolute Gasteiger partial charge is 0.368 e. The second-order valence-corrected chi connectivity index (χ2v) is 10.2. The van der Waals surface area contributed by atoms with Crippen LogP contribution in [0.2, 0.25) is 0 Å². The predicted octanol–water partition coefficient (Wildman–Crippen LogP) is 6.08. The minimum Gasteiger partial charge on any atom is -0.368 e. The van der Waals surface area contributed by atoms with Crippen LogP contribution < -0.4 is 16.4 Å². The van der Waals surface area contributed by atoms with Gasteiger partial charge >= 0.3 is 6.18 Å². The second kappa shape index (κ2) is 12.2. The minimum absolute atomic E-state index is 0.176. The maximum atomic E-state index is 13.6. The Morgan fingerprint density at radius 1 is 0.976 bits per heavy atom. The number of rotatable bonds is 10. The fourth-order valence-electron chi connectivity index (χ4n) is 4.51. The lowest BCUT2D eigenvalue weighted by molar-refractivity contribution is -0.141. The molecule has 0 saturated heterocycles. The van der Waals surface area contributed by atoms with Gasteiger partial charge in [0.2, 0.25) is 5.91 Å². The van der Waals surface area contributed by atoms with Gasteiger partial charge in [0.1, 0.15) is 11.8 Å². The van der Waals surface area contributed by atoms with E-state index >= 15 is 0 Å². The summed E-state index contributed by atoms with van der Waals surface area (Å²) in [5.41, 5.74) is 7.83. The van der Waals surface area contributed by atoms with Gasteiger partial charge in [-0.15, -0.1) is 0 Å². The average Bonchev–Trinajstić information content (AvgIpc) is 3.67. The van der Waals surface area contributed by atoms with Gasteiger partial charge in [-0.3, -0.25) is 9.59 Å². The van der Waals surface area contributed by atoms with Crippen LogP contribution in [0.4, 0.5) is 24.5 Å². The fourth-order valence-corrected chi connectivity index (χ4v) is 4.51. The number of carbonyl (C=O) groups excluding carboxylic acids is 2. The Morgan fingerprint density at radius 2 is 1.71 bits per heavy atom. The first kappa shape index (κ1) is 29.0. The van der Waals surface area contributed by atoms with Gasteiger partial charge < -0.3 is 21.1 Å². The molecule has 2 amide bonds. The van der Waals surface area contributed by atoms with Crippen LogP contribution >= 0.6 is 0 Å². The summed E-state index contributed by atoms with van der Waals surface area (Å²) < 4.78 is 48.0. The molecule has 1 aromatic heterocycles. The van der Waals surface area contributed by atoms with Crippen LogP contribution in [0.5, 0.6) is 0 Å². The third-order valence-electron chi connectivity index (χ3n) is 6.80. The van der Waals surface area contributed by atoms with Gasteiger partial charge in [0, 0.05) is 30.9 Å². The Hall–Kier alpha value is -4.48. The number of amides is 2. The summed E-state index contributed by atoms with van der Waals surface area (Å²) >= 11 is 0. The maximum absolute atomic E-state index is 13.6. The van der Waals surface area contributed by atoms with E-state index in [4.69, 9.17) is 10.5 Å². The number of hydrogen-bond donors (Lipinski definition) is 3. The Balaban J connectivity index is 1.43. The van der Waals surface area contributed by atoms with Crippen molar-refractivity contribution in [2.75, 3.05) is 17.2 Å². The topological polar surface area (TPSA) is 111 Å². The number of nitrogens with one attached hydrogen (secondary N) is 2. The molecule has 0 radical (unpaired) electrons. The summed E-state index contributed by atoms with van der Waals surface area (Å²) in [6.07, 6.45) is -3.00. The van der Waals surface area contributed by atoms with Gasteiger partial charge in [0.15, 0.2) is 5.69 Å². The first-order valence-electron chi connectivity index (χ1n) is 13.5. The van der Waals surface area contributed by atoms with E-state index in [0.717, 1.165) is 34.7 Å². The van der Waals surface area contributed by atoms with Gasteiger partial charge in [-0.1, -0.05) is 36.4 Å². The molecule has 1 aliphatic carbocycles. The lowest BCUT2D eigenvalue weighted by Crippen LogP contribution is -2.17. The summed E-state index contributed by atoms with van der Waals surface area (Å²) in [7, 11) is 0. The van der Waals surface area contributed by atoms with Crippen molar-refractivity contribution in [3.63, 3.8) is 0 Å². The zero-order chi connectivity index (χ0) is 29.9. The van der Waals surface area contributed by atoms with E-state index in [1.165, 1.54) is 6.92 Å². The molecule has 0 aliphatic heterocycles. The molecule has 11 heteroatoms. The molecule has 218 valence electrons. The molecule has 1 saturated carbocycles. The molecule has 1 unspecified atom stereocenters. The number of aromatic nitrogens is 2. The van der Waals surface area contributed by atoms with Gasteiger partial charge in [-0.05, 0) is 71.8 Å². The predicted molar refractivity (Wildman–Crippen MR) is 152 cm³/mol. The van der Waals surface area contributed by atoms with Crippen molar-refractivity contribution in [1.82, 2.24) is 9.78 Å². The monoisotopic (exact) mass is 577 g/mol. The molecular formula is C31H30F3N5O3. The molecular weight excluding hydrogens is 547 g/mol. The van der Waals surface area contributed by atoms with Gasteiger partial charge in [-0.25, -0.2) is 4.68 Å². The highest BCUT2D eigenvalue weighted by atomic mass is 19.4. The van der Waals surface area contributed by atoms with E-state index < -0.39 is 23.9 Å². The molecule has 4 aromatic rings. The SMILES string of the molecule is CC(=O)Nc1ccc(C(OCC2CC2)c2cccc(NC(=O)c3cc(C(F)(F)F)nn3-c3cccc(CN)c3)c2)cc1. The number of nitrogens with zero attached hydrogens (tertiary/aromatic N) is 2. The van der Waals surface area contributed by atoms with Gasteiger partial charge in [0.05, 0.1) is 12.3 Å². The van der Waals surface area contributed by atoms with E-state index in [9.17, 15) is 22.8 Å². The van der Waals surface area contributed by atoms with Crippen LogP contribution in [0.1, 0.15) is 58.7 Å². The molecule has 3 aromatic carbocycles. The highest BCUT2D eigenvalue weighted by Gasteiger charge is 2.36. The number of hydrogen-bond acceptors (Lipinski definition) is 5. The van der Waals surface area contributed by atoms with Crippen molar-refractivity contribution in [1.29, 1.82) is 0 Å². The van der Waals surface area contributed by atoms with Crippen molar-refractivity contribution >= 4 is 23.2 Å². The Labute approximate surface area is 240 Å². The van der Waals surface area contributed by atoms with Crippen molar-refractivity contribution < 1.29 is 27.5 Å². The van der Waals surface area contributed by atoms with Gasteiger partial charge in [-0.2, -0.15) is 18.3 Å². The largest absolute Gasteiger partial charge is 0.435 e. The number of alkyl halides is 3. The Kier molecular flexibility index (Phi) is 8.41. The fraction of sp³-hybridized carbons (Fsp3) is 0.258. The summed E-state index contributed by atoms with van der Waals surface area (Å²) in [5, 5.41) is 9.15. The number of anilines is 2. The third-order valence-corrected chi connectivity index (χ3v) is 6.80. The van der Waals surface area contributed by atoms with E-state index in [0.29, 0.717) is 29.5 Å². The molecule has 4 N–H and O–H groups in total. The molecule has 5 rings (SSSR count). The van der Waals surface area contributed by atoms with Gasteiger partial charge in [0.25, 0.3) is 5.91 Å². The number of ether oxygens (including phenoxy) is 1. The standard InChI is InChI=1S/C31H30F3N5O3/c1-19(40)36-24-12-10-22(11-13-24)29(42-18-20-8-9-20)23-5-3-6-25(15-23)37-30(41)27-16-28(31(32,33)34)38-39(27)26-7-2-4-21(14-26)17-35/h2-7,10-16,20,29H,8-9,17-18,35H2,1H3,(H,36,40)(H,37,41). The van der Waals surface area contributed by atoms with Crippen molar-refractivity contribution in [2.24, 2.45) is 11.7 Å². The highest BCUT2D eigenvalue weighted by molar-refractivity contribution is 6.03. The first-order chi connectivity index (χ1) is 20.1. The summed E-state index contributed by atoms with van der Waals surface area (Å²) in [4.78, 5) is 24.8. The lowest BCUT2D eigenvalue weighted by Gasteiger charge is -2.20. The van der Waals surface area contributed by atoms with Crippen LogP contribution in [-0.2, 0) is 22.3 Å². The Morgan fingerprint density at radius 3 is 2.38 bits per heavy atom. The number of nitrogens with two attached hydrogens (primary N) is 1. The number of carbonyl (C=O) groups is 2. The molecule has 0 spiro atoms. The first-order valence-corrected chi connectivity index (χ1v) is 13.5. The average molecular weight is 578 g/mol. The van der Waals surface area contributed by atoms with Crippen molar-refractivity contribution in [2.45, 2.75) is 38.6 Å². The van der Waals surface area contributed by atoms with E-state index in [2.05, 4.69) is 15.7 Å². The summed E-state index contributed by atoms with van der Waals surface area (Å²) in [5.74, 6) is -0.443. The van der Waals surface area contributed by atoms with E-state index in [1.807, 2.05) is 18.2 Å². The van der Waals surface area contributed by atoms with Crippen LogP contribution in [-0.4, -0.2) is 28.2 Å². The third kappa shape index (κ3) is 7.04. The van der Waals surface area contributed by atoms with Crippen LogP contribution in [0, 0.1) is 5.92 Å². The molecule has 1 aliphatic rings. The van der Waals surface area contributed by atoms with E-state index in [-0.39, 0.29) is 23.8 Å². The van der Waals surface area contributed by atoms with Crippen LogP contribution in [0.15, 0.2) is 78.9 Å². The zero-order valence-electron chi connectivity index (χ0n) is 22.8. The normalized spacial score (nSPS) is 13.9.